The van der Waals surface area contributed by atoms with Crippen molar-refractivity contribution in [3.05, 3.63) is 0 Å². The number of carbonyl (C=O) groups excluding carboxylic acids is 2. The lowest BCUT2D eigenvalue weighted by Gasteiger charge is -2.48. The van der Waals surface area contributed by atoms with Crippen LogP contribution in [0.4, 0.5) is 4.79 Å². The Morgan fingerprint density at radius 3 is 2.20 bits per heavy atom. The fraction of sp³-hybridized carbons (Fsp3) is 0.949. The summed E-state index contributed by atoms with van der Waals surface area (Å²) in [5.74, 6) is -2.46. The zero-order chi connectivity index (χ0) is 40.7. The molecule has 15 nitrogen and oxygen atoms in total. The fourth-order valence-corrected chi connectivity index (χ4v) is 9.35. The number of cyclic esters (lactones) is 1. The van der Waals surface area contributed by atoms with Crippen LogP contribution in [0.2, 0.25) is 0 Å². The summed E-state index contributed by atoms with van der Waals surface area (Å²) in [6.45, 7) is 18.7. The number of ether oxygens (including phenoxy) is 8. The Morgan fingerprint density at radius 2 is 1.61 bits per heavy atom. The summed E-state index contributed by atoms with van der Waals surface area (Å²) in [4.78, 5) is 31.1. The third kappa shape index (κ3) is 9.37. The van der Waals surface area contributed by atoms with Gasteiger partial charge in [0.15, 0.2) is 24.3 Å². The van der Waals surface area contributed by atoms with Crippen LogP contribution < -0.4 is 0 Å². The van der Waals surface area contributed by atoms with Crippen molar-refractivity contribution < 1.29 is 62.8 Å². The van der Waals surface area contributed by atoms with Crippen molar-refractivity contribution in [3.8, 4) is 0 Å². The molecule has 4 heterocycles. The van der Waals surface area contributed by atoms with E-state index >= 15 is 0 Å². The van der Waals surface area contributed by atoms with E-state index in [1.165, 1.54) is 7.11 Å². The topological polar surface area (TPSA) is 175 Å². The van der Waals surface area contributed by atoms with Gasteiger partial charge in [-0.15, -0.1) is 0 Å². The Hall–Kier alpha value is -1.66. The number of aliphatic hydroxyl groups is 3. The van der Waals surface area contributed by atoms with Gasteiger partial charge in [-0.2, -0.15) is 0 Å². The first-order valence-electron chi connectivity index (χ1n) is 19.7. The lowest BCUT2D eigenvalue weighted by atomic mass is 9.77. The zero-order valence-electron chi connectivity index (χ0n) is 35.0. The van der Waals surface area contributed by atoms with E-state index in [0.29, 0.717) is 19.4 Å². The van der Waals surface area contributed by atoms with Crippen molar-refractivity contribution in [2.45, 2.75) is 185 Å². The molecule has 314 valence electrons. The van der Waals surface area contributed by atoms with Crippen LogP contribution in [-0.2, 0) is 42.7 Å². The van der Waals surface area contributed by atoms with Crippen LogP contribution in [0.3, 0.4) is 0 Å². The molecular formula is C39H70N2O13. The van der Waals surface area contributed by atoms with Crippen LogP contribution in [-0.4, -0.2) is 162 Å². The highest BCUT2D eigenvalue weighted by Crippen LogP contribution is 2.42. The smallest absolute Gasteiger partial charge is 0.458 e. The van der Waals surface area contributed by atoms with Gasteiger partial charge in [0.05, 0.1) is 41.5 Å². The third-order valence-corrected chi connectivity index (χ3v) is 12.7. The normalized spacial score (nSPS) is 49.0. The zero-order valence-corrected chi connectivity index (χ0v) is 35.0. The van der Waals surface area contributed by atoms with Gasteiger partial charge in [0.1, 0.15) is 18.3 Å². The summed E-state index contributed by atoms with van der Waals surface area (Å²) in [5, 5.41) is 35.1. The Balaban J connectivity index is 1.83. The largest absolute Gasteiger partial charge is 0.509 e. The molecule has 4 fully saturated rings. The number of esters is 1. The Kier molecular flexibility index (Phi) is 14.6. The van der Waals surface area contributed by atoms with E-state index in [4.69, 9.17) is 37.9 Å². The van der Waals surface area contributed by atoms with Crippen LogP contribution in [0.25, 0.3) is 0 Å². The molecule has 0 aliphatic carbocycles. The van der Waals surface area contributed by atoms with Crippen LogP contribution in [0.5, 0.6) is 0 Å². The van der Waals surface area contributed by atoms with Crippen molar-refractivity contribution in [3.63, 3.8) is 0 Å². The van der Waals surface area contributed by atoms with Gasteiger partial charge in [0, 0.05) is 38.1 Å². The molecule has 18 atom stereocenters. The van der Waals surface area contributed by atoms with Crippen LogP contribution in [0.15, 0.2) is 0 Å². The van der Waals surface area contributed by atoms with E-state index in [1.807, 2.05) is 65.6 Å². The van der Waals surface area contributed by atoms with E-state index < -0.39 is 96.1 Å². The number of methoxy groups -OCH3 is 1. The average molecular weight is 775 g/mol. The lowest BCUT2D eigenvalue weighted by Crippen LogP contribution is -2.60. The molecule has 15 heteroatoms. The van der Waals surface area contributed by atoms with E-state index in [1.54, 1.807) is 34.6 Å². The summed E-state index contributed by atoms with van der Waals surface area (Å²) >= 11 is 0. The highest BCUT2D eigenvalue weighted by Gasteiger charge is 2.58. The molecule has 4 aliphatic rings. The quantitative estimate of drug-likeness (QED) is 0.322. The second-order valence-corrected chi connectivity index (χ2v) is 17.6. The highest BCUT2D eigenvalue weighted by molar-refractivity contribution is 5.73. The first-order valence-corrected chi connectivity index (χ1v) is 19.7. The molecule has 0 aromatic heterocycles. The van der Waals surface area contributed by atoms with Crippen LogP contribution in [0.1, 0.15) is 94.9 Å². The molecule has 1 unspecified atom stereocenters. The van der Waals surface area contributed by atoms with Crippen LogP contribution in [0, 0.1) is 17.8 Å². The number of aliphatic hydroxyl groups excluding tert-OH is 2. The maximum Gasteiger partial charge on any atom is 0.509 e. The van der Waals surface area contributed by atoms with Gasteiger partial charge in [-0.1, -0.05) is 20.8 Å². The maximum atomic E-state index is 14.4. The molecule has 0 aromatic rings. The van der Waals surface area contributed by atoms with Gasteiger partial charge in [0.25, 0.3) is 0 Å². The maximum absolute atomic E-state index is 14.4. The van der Waals surface area contributed by atoms with E-state index in [2.05, 4.69) is 0 Å². The number of rotatable bonds is 7. The van der Waals surface area contributed by atoms with Gasteiger partial charge in [-0.05, 0) is 94.8 Å². The Morgan fingerprint density at radius 1 is 0.963 bits per heavy atom. The molecule has 3 N–H and O–H groups in total. The first kappa shape index (κ1) is 45.0. The van der Waals surface area contributed by atoms with Crippen LogP contribution >= 0.6 is 0 Å². The molecule has 0 spiro atoms. The SMILES string of the molecule is CC[C@H]1OC(=O)[C@H](C)[C@@H](O[C@H]2C[C@@](C)(OC)[C@@H](O)[C@H](C)O2)[C@H](C)[C@H](O[C@@H]2O[C@H](C)C[C@H](N(C)C)[C@H]2O)[C@](C)(O)C[C@@H](C)CN(C)[C@H](C)C2OC(=O)O[C@@]21C. The summed E-state index contributed by atoms with van der Waals surface area (Å²) in [7, 11) is 7.21. The minimum Gasteiger partial charge on any atom is -0.458 e. The summed E-state index contributed by atoms with van der Waals surface area (Å²) < 4.78 is 49.5. The minimum absolute atomic E-state index is 0.117. The van der Waals surface area contributed by atoms with E-state index in [0.717, 1.165) is 0 Å². The molecule has 4 aliphatic heterocycles. The van der Waals surface area contributed by atoms with Gasteiger partial charge in [-0.25, -0.2) is 4.79 Å². The predicted molar refractivity (Wildman–Crippen MR) is 197 cm³/mol. The van der Waals surface area contributed by atoms with E-state index in [-0.39, 0.29) is 36.9 Å². The third-order valence-electron chi connectivity index (χ3n) is 12.7. The minimum atomic E-state index is -1.55. The summed E-state index contributed by atoms with van der Waals surface area (Å²) in [6, 6.07) is -0.619. The number of carbonyl (C=O) groups is 2. The summed E-state index contributed by atoms with van der Waals surface area (Å²) in [5.41, 5.74) is -3.87. The number of fused-ring (bicyclic) bond motifs is 1. The number of hydrogen-bond acceptors (Lipinski definition) is 15. The average Bonchev–Trinajstić information content (AvgIpc) is 3.40. The second-order valence-electron chi connectivity index (χ2n) is 17.6. The molecule has 0 amide bonds. The highest BCUT2D eigenvalue weighted by atomic mass is 16.8. The molecule has 54 heavy (non-hydrogen) atoms. The monoisotopic (exact) mass is 774 g/mol. The molecule has 0 radical (unpaired) electrons. The first-order chi connectivity index (χ1) is 25.0. The predicted octanol–water partition coefficient (Wildman–Crippen LogP) is 3.08. The molecule has 0 saturated carbocycles. The second kappa shape index (κ2) is 17.5. The summed E-state index contributed by atoms with van der Waals surface area (Å²) in [6.07, 6.45) is -8.15. The molecule has 0 bridgehead atoms. The number of hydrogen-bond donors (Lipinski definition) is 3. The molecule has 4 saturated heterocycles. The number of likely N-dealkylation sites (N-methyl/N-ethyl adjacent to an activating group) is 2. The van der Waals surface area contributed by atoms with Crippen molar-refractivity contribution >= 4 is 12.1 Å². The molecular weight excluding hydrogens is 704 g/mol. The fourth-order valence-electron chi connectivity index (χ4n) is 9.35. The van der Waals surface area contributed by atoms with Gasteiger partial charge in [0.2, 0.25) is 0 Å². The molecule has 4 rings (SSSR count). The van der Waals surface area contributed by atoms with Gasteiger partial charge < -0.3 is 58.1 Å². The van der Waals surface area contributed by atoms with Gasteiger partial charge >= 0.3 is 12.1 Å². The van der Waals surface area contributed by atoms with Crippen molar-refractivity contribution in [2.24, 2.45) is 17.8 Å². The Labute approximate surface area is 322 Å². The Bertz CT molecular complexity index is 1270. The van der Waals surface area contributed by atoms with Gasteiger partial charge in [-0.3, -0.25) is 9.69 Å². The van der Waals surface area contributed by atoms with Crippen molar-refractivity contribution in [2.75, 3.05) is 34.8 Å². The number of nitrogens with zero attached hydrogens (tertiary/aromatic N) is 2. The molecule has 0 aromatic carbocycles. The lowest BCUT2D eigenvalue weighted by molar-refractivity contribution is -0.318. The van der Waals surface area contributed by atoms with Crippen molar-refractivity contribution in [1.82, 2.24) is 9.80 Å². The van der Waals surface area contributed by atoms with Crippen molar-refractivity contribution in [1.29, 1.82) is 0 Å². The van der Waals surface area contributed by atoms with E-state index in [9.17, 15) is 24.9 Å². The standard InChI is InChI=1S/C39H70N2O13/c1-15-27-39(10)33(53-36(45)54-39)24(6)41(13)19-20(2)17-37(8,46)32(52-35-29(42)26(40(11)12)16-21(3)48-35)22(4)30(23(5)34(44)50-27)51-28-18-38(9,47-14)31(43)25(7)49-28/h20-33,35,42-43,46H,15-19H2,1-14H3/t20-,21-,22+,23-,24-,25+,26+,27-,28+,29-,30+,31+,32+,33?,35+,37-,38-,39-/m1/s1.